The van der Waals surface area contributed by atoms with Crippen molar-refractivity contribution in [3.8, 4) is 11.1 Å². The van der Waals surface area contributed by atoms with Gasteiger partial charge in [-0.2, -0.15) is 18.3 Å². The van der Waals surface area contributed by atoms with Crippen LogP contribution in [0.4, 0.5) is 18.0 Å². The Balaban J connectivity index is 1.28. The van der Waals surface area contributed by atoms with Gasteiger partial charge in [0.1, 0.15) is 12.3 Å². The number of nitrogens with zero attached hydrogens (tertiary/aromatic N) is 1. The summed E-state index contributed by atoms with van der Waals surface area (Å²) in [6.07, 6.45) is -0.717. The molecule has 0 spiro atoms. The number of fused-ring (bicyclic) bond motifs is 3. The van der Waals surface area contributed by atoms with Crippen LogP contribution in [0.25, 0.3) is 17.2 Å². The van der Waals surface area contributed by atoms with E-state index in [0.29, 0.717) is 6.42 Å². The average Bonchev–Trinajstić information content (AvgIpc) is 3.35. The molecule has 1 heterocycles. The highest BCUT2D eigenvalue weighted by atomic mass is 19.4. The third-order valence-electron chi connectivity index (χ3n) is 5.17. The Hall–Kier alpha value is -3.55. The van der Waals surface area contributed by atoms with Crippen molar-refractivity contribution in [1.29, 1.82) is 0 Å². The highest BCUT2D eigenvalue weighted by molar-refractivity contribution is 5.79. The van der Waals surface area contributed by atoms with Crippen LogP contribution in [0.2, 0.25) is 0 Å². The van der Waals surface area contributed by atoms with Gasteiger partial charge in [-0.25, -0.2) is 4.79 Å². The van der Waals surface area contributed by atoms with Crippen molar-refractivity contribution in [3.63, 3.8) is 0 Å². The molecule has 0 aliphatic heterocycles. The Kier molecular flexibility index (Phi) is 5.79. The third kappa shape index (κ3) is 4.47. The minimum Gasteiger partial charge on any atom is -0.449 e. The summed E-state index contributed by atoms with van der Waals surface area (Å²) in [6, 6.07) is 16.1. The van der Waals surface area contributed by atoms with Gasteiger partial charge in [0.25, 0.3) is 0 Å². The lowest BCUT2D eigenvalue weighted by molar-refractivity contribution is -0.141. The van der Waals surface area contributed by atoms with Crippen LogP contribution in [0.1, 0.15) is 34.7 Å². The van der Waals surface area contributed by atoms with Crippen LogP contribution < -0.4 is 5.32 Å². The van der Waals surface area contributed by atoms with E-state index >= 15 is 0 Å². The van der Waals surface area contributed by atoms with Crippen LogP contribution in [0.5, 0.6) is 0 Å². The molecule has 4 rings (SSSR count). The van der Waals surface area contributed by atoms with Crippen molar-refractivity contribution in [3.05, 3.63) is 83.2 Å². The maximum atomic E-state index is 12.8. The van der Waals surface area contributed by atoms with E-state index in [1.807, 2.05) is 41.5 Å². The summed E-state index contributed by atoms with van der Waals surface area (Å²) in [7, 11) is 0. The van der Waals surface area contributed by atoms with Crippen molar-refractivity contribution in [1.82, 2.24) is 15.5 Å². The molecule has 8 heteroatoms. The van der Waals surface area contributed by atoms with Gasteiger partial charge in [0.2, 0.25) is 0 Å². The monoisotopic (exact) mass is 427 g/mol. The Bertz CT molecular complexity index is 1060. The zero-order chi connectivity index (χ0) is 21.8. The summed E-state index contributed by atoms with van der Waals surface area (Å²) in [5.41, 5.74) is 3.60. The number of alkyl halides is 3. The number of alkyl carbamates (subject to hydrolysis) is 1. The largest absolute Gasteiger partial charge is 0.449 e. The maximum absolute atomic E-state index is 12.8. The Morgan fingerprint density at radius 2 is 1.74 bits per heavy atom. The molecule has 5 nitrogen and oxygen atoms in total. The second kappa shape index (κ2) is 8.67. The molecular weight excluding hydrogens is 407 g/mol. The number of benzene rings is 2. The summed E-state index contributed by atoms with van der Waals surface area (Å²) in [5, 5.41) is 7.99. The van der Waals surface area contributed by atoms with E-state index in [0.717, 1.165) is 28.5 Å². The SMILES string of the molecule is O=C(NCCC=Cc1cn[nH]c1C(F)(F)F)OCC1c2ccccc2-c2ccccc21. The quantitative estimate of drug-likeness (QED) is 0.520. The topological polar surface area (TPSA) is 67.0 Å². The zero-order valence-corrected chi connectivity index (χ0v) is 16.4. The summed E-state index contributed by atoms with van der Waals surface area (Å²) >= 11 is 0. The highest BCUT2D eigenvalue weighted by Crippen LogP contribution is 2.44. The number of carbonyl (C=O) groups is 1. The van der Waals surface area contributed by atoms with Gasteiger partial charge in [-0.1, -0.05) is 60.7 Å². The van der Waals surface area contributed by atoms with E-state index < -0.39 is 18.0 Å². The van der Waals surface area contributed by atoms with Crippen LogP contribution >= 0.6 is 0 Å². The molecule has 1 aliphatic carbocycles. The summed E-state index contributed by atoms with van der Waals surface area (Å²) in [5.74, 6) is -0.0278. The van der Waals surface area contributed by atoms with Gasteiger partial charge >= 0.3 is 12.3 Å². The second-order valence-corrected chi connectivity index (χ2v) is 7.14. The fourth-order valence-electron chi connectivity index (χ4n) is 3.77. The molecule has 0 unspecified atom stereocenters. The van der Waals surface area contributed by atoms with Crippen molar-refractivity contribution in [2.24, 2.45) is 0 Å². The molecule has 0 saturated heterocycles. The molecule has 1 aliphatic rings. The van der Waals surface area contributed by atoms with E-state index in [1.165, 1.54) is 6.08 Å². The number of rotatable bonds is 6. The number of halogens is 3. The Labute approximate surface area is 176 Å². The highest BCUT2D eigenvalue weighted by Gasteiger charge is 2.34. The lowest BCUT2D eigenvalue weighted by Crippen LogP contribution is -2.26. The first-order valence-corrected chi connectivity index (χ1v) is 9.81. The molecule has 1 aromatic heterocycles. The summed E-state index contributed by atoms with van der Waals surface area (Å²) in [6.45, 7) is 0.450. The van der Waals surface area contributed by atoms with Gasteiger partial charge in [0.15, 0.2) is 0 Å². The first-order chi connectivity index (χ1) is 14.9. The molecular formula is C23H20F3N3O2. The van der Waals surface area contributed by atoms with Crippen molar-refractivity contribution < 1.29 is 22.7 Å². The molecule has 0 bridgehead atoms. The van der Waals surface area contributed by atoms with E-state index in [1.54, 1.807) is 6.08 Å². The molecule has 1 amide bonds. The molecule has 2 N–H and O–H groups in total. The predicted octanol–water partition coefficient (Wildman–Crippen LogP) is 5.37. The number of amides is 1. The van der Waals surface area contributed by atoms with E-state index in [4.69, 9.17) is 4.74 Å². The van der Waals surface area contributed by atoms with Crippen LogP contribution in [0, 0.1) is 0 Å². The van der Waals surface area contributed by atoms with E-state index in [-0.39, 0.29) is 24.6 Å². The molecule has 31 heavy (non-hydrogen) atoms. The normalized spacial score (nSPS) is 13.3. The number of nitrogens with one attached hydrogen (secondary N) is 2. The van der Waals surface area contributed by atoms with Crippen LogP contribution in [0.15, 0.2) is 60.8 Å². The van der Waals surface area contributed by atoms with Crippen molar-refractivity contribution in [2.45, 2.75) is 18.5 Å². The van der Waals surface area contributed by atoms with E-state index in [2.05, 4.69) is 22.5 Å². The molecule has 0 radical (unpaired) electrons. The van der Waals surface area contributed by atoms with Gasteiger partial charge in [0, 0.05) is 18.0 Å². The standard InChI is InChI=1S/C23H20F3N3O2/c24-23(25,26)21-15(13-28-29-21)7-5-6-12-27-22(30)31-14-20-18-10-3-1-8-16(18)17-9-2-4-11-19(17)20/h1-5,7-11,13,20H,6,12,14H2,(H,27,30)(H,28,29). The van der Waals surface area contributed by atoms with Gasteiger partial charge in [-0.15, -0.1) is 0 Å². The lowest BCUT2D eigenvalue weighted by atomic mass is 9.98. The fourth-order valence-corrected chi connectivity index (χ4v) is 3.77. The number of hydrogen-bond acceptors (Lipinski definition) is 3. The number of hydrogen-bond donors (Lipinski definition) is 2. The predicted molar refractivity (Wildman–Crippen MR) is 110 cm³/mol. The van der Waals surface area contributed by atoms with Crippen LogP contribution in [-0.2, 0) is 10.9 Å². The fraction of sp³-hybridized carbons (Fsp3) is 0.217. The molecule has 2 aromatic carbocycles. The van der Waals surface area contributed by atoms with Gasteiger partial charge in [-0.3, -0.25) is 5.10 Å². The maximum Gasteiger partial charge on any atom is 0.433 e. The zero-order valence-electron chi connectivity index (χ0n) is 16.4. The van der Waals surface area contributed by atoms with Gasteiger partial charge in [-0.05, 0) is 28.7 Å². The summed E-state index contributed by atoms with van der Waals surface area (Å²) < 4.78 is 43.8. The molecule has 160 valence electrons. The number of H-pyrrole nitrogens is 1. The average molecular weight is 427 g/mol. The molecule has 3 aromatic rings. The molecule has 0 fully saturated rings. The van der Waals surface area contributed by atoms with Crippen molar-refractivity contribution >= 4 is 12.2 Å². The first-order valence-electron chi connectivity index (χ1n) is 9.81. The molecule has 0 atom stereocenters. The van der Waals surface area contributed by atoms with E-state index in [9.17, 15) is 18.0 Å². The minimum absolute atomic E-state index is 0.0278. The number of ether oxygens (including phenoxy) is 1. The van der Waals surface area contributed by atoms with Crippen LogP contribution in [-0.4, -0.2) is 29.4 Å². The lowest BCUT2D eigenvalue weighted by Gasteiger charge is -2.14. The van der Waals surface area contributed by atoms with Crippen molar-refractivity contribution in [2.75, 3.05) is 13.2 Å². The third-order valence-corrected chi connectivity index (χ3v) is 5.17. The number of aromatic amines is 1. The minimum atomic E-state index is -4.49. The Morgan fingerprint density at radius 3 is 2.39 bits per heavy atom. The molecule has 0 saturated carbocycles. The summed E-state index contributed by atoms with van der Waals surface area (Å²) in [4.78, 5) is 12.1. The van der Waals surface area contributed by atoms with Gasteiger partial charge < -0.3 is 10.1 Å². The number of carbonyl (C=O) groups excluding carboxylic acids is 1. The Morgan fingerprint density at radius 1 is 1.10 bits per heavy atom. The van der Waals surface area contributed by atoms with Gasteiger partial charge in [0.05, 0.1) is 6.20 Å². The number of aromatic nitrogens is 2. The smallest absolute Gasteiger partial charge is 0.433 e. The van der Waals surface area contributed by atoms with Crippen LogP contribution in [0.3, 0.4) is 0 Å². The second-order valence-electron chi connectivity index (χ2n) is 7.14. The first kappa shape index (κ1) is 20.7.